The van der Waals surface area contributed by atoms with E-state index in [2.05, 4.69) is 25.9 Å². The second kappa shape index (κ2) is 13.2. The number of aromatic nitrogens is 2. The van der Waals surface area contributed by atoms with Crippen LogP contribution in [0.4, 0.5) is 0 Å². The molecule has 0 saturated heterocycles. The van der Waals surface area contributed by atoms with E-state index in [9.17, 15) is 19.2 Å². The van der Waals surface area contributed by atoms with E-state index in [0.717, 1.165) is 0 Å². The molecule has 3 amide bonds. The SMILES string of the molecule is NCCCCC(NC(=O)CNC(=O)C(N)Cc1cnc[nH]1)C(=O)NC(CO)C(=O)O. The number of carboxylic acid groups (broad SMARTS) is 1. The number of imidazole rings is 1. The summed E-state index contributed by atoms with van der Waals surface area (Å²) in [6, 6.07) is -3.44. The number of nitrogens with zero attached hydrogens (tertiary/aromatic N) is 1. The fraction of sp³-hybridized carbons (Fsp3) is 0.588. The Balaban J connectivity index is 2.57. The third-order valence-corrected chi connectivity index (χ3v) is 4.15. The summed E-state index contributed by atoms with van der Waals surface area (Å²) < 4.78 is 0. The number of rotatable bonds is 14. The van der Waals surface area contributed by atoms with Crippen molar-refractivity contribution < 1.29 is 29.4 Å². The zero-order valence-electron chi connectivity index (χ0n) is 16.5. The lowest BCUT2D eigenvalue weighted by Crippen LogP contribution is -2.54. The van der Waals surface area contributed by atoms with Gasteiger partial charge in [-0.3, -0.25) is 14.4 Å². The molecule has 1 heterocycles. The van der Waals surface area contributed by atoms with E-state index in [-0.39, 0.29) is 12.8 Å². The molecule has 0 aliphatic carbocycles. The summed E-state index contributed by atoms with van der Waals surface area (Å²) in [7, 11) is 0. The van der Waals surface area contributed by atoms with Crippen molar-refractivity contribution in [2.24, 2.45) is 11.5 Å². The number of carboxylic acids is 1. The predicted octanol–water partition coefficient (Wildman–Crippen LogP) is -3.43. The van der Waals surface area contributed by atoms with Crippen LogP contribution < -0.4 is 27.4 Å². The summed E-state index contributed by atoms with van der Waals surface area (Å²) in [6.07, 6.45) is 4.50. The molecule has 3 atom stereocenters. The molecule has 1 aromatic rings. The van der Waals surface area contributed by atoms with Gasteiger partial charge in [0.2, 0.25) is 17.7 Å². The highest BCUT2D eigenvalue weighted by molar-refractivity contribution is 5.92. The maximum Gasteiger partial charge on any atom is 0.328 e. The van der Waals surface area contributed by atoms with Crippen LogP contribution in [0.15, 0.2) is 12.5 Å². The minimum Gasteiger partial charge on any atom is -0.480 e. The van der Waals surface area contributed by atoms with E-state index in [1.807, 2.05) is 0 Å². The van der Waals surface area contributed by atoms with E-state index in [1.54, 1.807) is 0 Å². The van der Waals surface area contributed by atoms with Crippen LogP contribution in [-0.2, 0) is 25.6 Å². The van der Waals surface area contributed by atoms with Crippen molar-refractivity contribution in [3.63, 3.8) is 0 Å². The lowest BCUT2D eigenvalue weighted by Gasteiger charge is -2.21. The van der Waals surface area contributed by atoms with Gasteiger partial charge in [-0.2, -0.15) is 0 Å². The van der Waals surface area contributed by atoms with Crippen molar-refractivity contribution >= 4 is 23.7 Å². The molecule has 10 N–H and O–H groups in total. The normalized spacial score (nSPS) is 13.7. The topological polar surface area (TPSA) is 226 Å². The Kier molecular flexibility index (Phi) is 11.0. The molecule has 0 spiro atoms. The second-order valence-corrected chi connectivity index (χ2v) is 6.59. The Morgan fingerprint density at radius 3 is 2.43 bits per heavy atom. The summed E-state index contributed by atoms with van der Waals surface area (Å²) in [4.78, 5) is 54.1. The van der Waals surface area contributed by atoms with Crippen molar-refractivity contribution in [2.45, 2.75) is 43.8 Å². The Labute approximate surface area is 173 Å². The quantitative estimate of drug-likeness (QED) is 0.138. The van der Waals surface area contributed by atoms with Crippen molar-refractivity contribution in [1.82, 2.24) is 25.9 Å². The van der Waals surface area contributed by atoms with Crippen molar-refractivity contribution in [3.05, 3.63) is 18.2 Å². The van der Waals surface area contributed by atoms with E-state index in [0.29, 0.717) is 25.1 Å². The molecule has 30 heavy (non-hydrogen) atoms. The lowest BCUT2D eigenvalue weighted by molar-refractivity contribution is -0.143. The number of carbonyl (C=O) groups excluding carboxylic acids is 3. The van der Waals surface area contributed by atoms with Crippen LogP contribution in [-0.4, -0.2) is 81.7 Å². The van der Waals surface area contributed by atoms with Crippen molar-refractivity contribution in [1.29, 1.82) is 0 Å². The molecular formula is C17H29N7O6. The largest absolute Gasteiger partial charge is 0.480 e. The van der Waals surface area contributed by atoms with Gasteiger partial charge in [0.1, 0.15) is 12.1 Å². The van der Waals surface area contributed by atoms with Crippen LogP contribution >= 0.6 is 0 Å². The molecule has 0 bridgehead atoms. The van der Waals surface area contributed by atoms with E-state index < -0.39 is 55.0 Å². The molecule has 0 aromatic carbocycles. The van der Waals surface area contributed by atoms with Crippen LogP contribution in [0.1, 0.15) is 25.0 Å². The third-order valence-electron chi connectivity index (χ3n) is 4.15. The number of nitrogens with two attached hydrogens (primary N) is 2. The molecule has 13 nitrogen and oxygen atoms in total. The first-order valence-electron chi connectivity index (χ1n) is 9.42. The second-order valence-electron chi connectivity index (χ2n) is 6.59. The average molecular weight is 427 g/mol. The van der Waals surface area contributed by atoms with Gasteiger partial charge in [-0.15, -0.1) is 0 Å². The highest BCUT2D eigenvalue weighted by Crippen LogP contribution is 2.02. The maximum atomic E-state index is 12.3. The first-order chi connectivity index (χ1) is 14.3. The van der Waals surface area contributed by atoms with Crippen LogP contribution in [0.5, 0.6) is 0 Å². The number of carbonyl (C=O) groups is 4. The Morgan fingerprint density at radius 1 is 1.13 bits per heavy atom. The number of amides is 3. The van der Waals surface area contributed by atoms with Crippen LogP contribution in [0, 0.1) is 0 Å². The van der Waals surface area contributed by atoms with Crippen LogP contribution in [0.3, 0.4) is 0 Å². The summed E-state index contributed by atoms with van der Waals surface area (Å²) in [5.74, 6) is -3.38. The monoisotopic (exact) mass is 427 g/mol. The zero-order valence-corrected chi connectivity index (χ0v) is 16.5. The number of aromatic amines is 1. The van der Waals surface area contributed by atoms with Crippen LogP contribution in [0.25, 0.3) is 0 Å². The summed E-state index contributed by atoms with van der Waals surface area (Å²) in [5, 5.41) is 25.0. The van der Waals surface area contributed by atoms with Gasteiger partial charge in [0.15, 0.2) is 0 Å². The summed E-state index contributed by atoms with van der Waals surface area (Å²) in [6.45, 7) is -0.825. The standard InChI is InChI=1S/C17H29N7O6/c18-4-2-1-3-12(16(28)24-13(8-25)17(29)30)23-14(26)7-21-15(27)11(19)5-10-6-20-9-22-10/h6,9,11-13,25H,1-5,7-8,18-19H2,(H,20,22)(H,21,27)(H,23,26)(H,24,28)(H,29,30). The number of unbranched alkanes of at least 4 members (excludes halogenated alkanes) is 1. The van der Waals surface area contributed by atoms with Gasteiger partial charge in [0.05, 0.1) is 25.5 Å². The molecular weight excluding hydrogens is 398 g/mol. The molecule has 0 radical (unpaired) electrons. The van der Waals surface area contributed by atoms with E-state index in [1.165, 1.54) is 12.5 Å². The predicted molar refractivity (Wildman–Crippen MR) is 105 cm³/mol. The number of aliphatic hydroxyl groups is 1. The zero-order chi connectivity index (χ0) is 22.5. The average Bonchev–Trinajstić information content (AvgIpc) is 3.22. The van der Waals surface area contributed by atoms with Gasteiger partial charge in [-0.1, -0.05) is 0 Å². The molecule has 168 valence electrons. The highest BCUT2D eigenvalue weighted by Gasteiger charge is 2.26. The number of aliphatic hydroxyl groups excluding tert-OH is 1. The Morgan fingerprint density at radius 2 is 1.87 bits per heavy atom. The van der Waals surface area contributed by atoms with Gasteiger partial charge >= 0.3 is 5.97 Å². The minimum absolute atomic E-state index is 0.204. The molecule has 0 fully saturated rings. The maximum absolute atomic E-state index is 12.3. The summed E-state index contributed by atoms with van der Waals surface area (Å²) >= 11 is 0. The molecule has 1 aromatic heterocycles. The van der Waals surface area contributed by atoms with Gasteiger partial charge in [-0.05, 0) is 25.8 Å². The minimum atomic E-state index is -1.49. The smallest absolute Gasteiger partial charge is 0.328 e. The molecule has 0 saturated carbocycles. The Hall–Kier alpha value is -3.03. The fourth-order valence-electron chi connectivity index (χ4n) is 2.49. The van der Waals surface area contributed by atoms with Gasteiger partial charge in [-0.25, -0.2) is 9.78 Å². The molecule has 0 aliphatic rings. The number of H-pyrrole nitrogens is 1. The van der Waals surface area contributed by atoms with Gasteiger partial charge in [0.25, 0.3) is 0 Å². The van der Waals surface area contributed by atoms with Crippen molar-refractivity contribution in [3.8, 4) is 0 Å². The van der Waals surface area contributed by atoms with E-state index in [4.69, 9.17) is 21.7 Å². The van der Waals surface area contributed by atoms with Gasteiger partial charge in [0, 0.05) is 18.3 Å². The Bertz CT molecular complexity index is 697. The molecule has 1 rings (SSSR count). The number of hydrogen-bond donors (Lipinski definition) is 8. The lowest BCUT2D eigenvalue weighted by atomic mass is 10.1. The third kappa shape index (κ3) is 8.98. The highest BCUT2D eigenvalue weighted by atomic mass is 16.4. The number of nitrogens with one attached hydrogen (secondary N) is 4. The van der Waals surface area contributed by atoms with Gasteiger partial charge < -0.3 is 42.6 Å². The molecule has 0 aliphatic heterocycles. The molecule has 3 unspecified atom stereocenters. The first kappa shape index (κ1) is 25.0. The number of aliphatic carboxylic acids is 1. The summed E-state index contributed by atoms with van der Waals surface area (Å²) in [5.41, 5.74) is 11.9. The van der Waals surface area contributed by atoms with Crippen molar-refractivity contribution in [2.75, 3.05) is 19.7 Å². The first-order valence-corrected chi connectivity index (χ1v) is 9.42. The molecule has 13 heteroatoms. The van der Waals surface area contributed by atoms with Crippen LogP contribution in [0.2, 0.25) is 0 Å². The fourth-order valence-corrected chi connectivity index (χ4v) is 2.49. The number of hydrogen-bond acceptors (Lipinski definition) is 8. The van der Waals surface area contributed by atoms with E-state index >= 15 is 0 Å².